The largest absolute Gasteiger partial charge is 0.491 e. The number of rotatable bonds is 5. The van der Waals surface area contributed by atoms with Gasteiger partial charge >= 0.3 is 0 Å². The maximum Gasteiger partial charge on any atom is 0.254 e. The summed E-state index contributed by atoms with van der Waals surface area (Å²) in [6.07, 6.45) is 1.62. The van der Waals surface area contributed by atoms with E-state index in [-0.39, 0.29) is 30.5 Å². The van der Waals surface area contributed by atoms with Crippen LogP contribution in [0.25, 0.3) is 0 Å². The quantitative estimate of drug-likeness (QED) is 0.718. The predicted octanol–water partition coefficient (Wildman–Crippen LogP) is 3.94. The second-order valence-corrected chi connectivity index (χ2v) is 7.72. The zero-order chi connectivity index (χ0) is 20.4. The van der Waals surface area contributed by atoms with Crippen LogP contribution in [0.3, 0.4) is 0 Å². The highest BCUT2D eigenvalue weighted by Crippen LogP contribution is 2.33. The van der Waals surface area contributed by atoms with E-state index < -0.39 is 0 Å². The molecule has 6 nitrogen and oxygen atoms in total. The van der Waals surface area contributed by atoms with Crippen LogP contribution < -0.4 is 14.2 Å². The summed E-state index contributed by atoms with van der Waals surface area (Å²) < 4.78 is 16.4. The van der Waals surface area contributed by atoms with E-state index >= 15 is 0 Å². The predicted molar refractivity (Wildman–Crippen MR) is 108 cm³/mol. The second-order valence-electron chi connectivity index (χ2n) is 7.72. The number of likely N-dealkylation sites (tertiary alicyclic amines) is 1. The van der Waals surface area contributed by atoms with Crippen LogP contribution in [0.1, 0.15) is 47.4 Å². The molecule has 0 saturated carbocycles. The van der Waals surface area contributed by atoms with Crippen molar-refractivity contribution in [2.24, 2.45) is 5.92 Å². The molecule has 2 aromatic carbocycles. The van der Waals surface area contributed by atoms with Crippen molar-refractivity contribution in [3.8, 4) is 17.2 Å². The summed E-state index contributed by atoms with van der Waals surface area (Å²) in [5.74, 6) is 1.69. The molecule has 0 spiro atoms. The van der Waals surface area contributed by atoms with E-state index in [1.54, 1.807) is 29.2 Å². The van der Waals surface area contributed by atoms with Crippen LogP contribution in [-0.4, -0.2) is 42.6 Å². The minimum Gasteiger partial charge on any atom is -0.491 e. The smallest absolute Gasteiger partial charge is 0.254 e. The zero-order valence-electron chi connectivity index (χ0n) is 16.7. The number of ether oxygens (including phenoxy) is 3. The number of Topliss-reactive ketones (excluding diaryl/α,β-unsaturated/α-hetero) is 1. The molecular formula is C23H25NO5. The SMILES string of the molecule is CC(C)Oc1cccc(C(=O)[C@H]2CCCN(C(=O)c3ccc4c(c3)OCO4)C2)c1. The summed E-state index contributed by atoms with van der Waals surface area (Å²) in [4.78, 5) is 27.8. The molecule has 0 unspecified atom stereocenters. The number of ketones is 1. The number of carbonyl (C=O) groups excluding carboxylic acids is 2. The lowest BCUT2D eigenvalue weighted by Gasteiger charge is -2.32. The number of piperidine rings is 1. The van der Waals surface area contributed by atoms with Crippen molar-refractivity contribution < 1.29 is 23.8 Å². The normalized spacial score (nSPS) is 18.0. The molecule has 0 N–H and O–H groups in total. The van der Waals surface area contributed by atoms with Crippen LogP contribution >= 0.6 is 0 Å². The highest BCUT2D eigenvalue weighted by molar-refractivity contribution is 5.99. The minimum atomic E-state index is -0.212. The first kappa shape index (κ1) is 19.3. The molecule has 0 radical (unpaired) electrons. The van der Waals surface area contributed by atoms with Gasteiger partial charge in [0.15, 0.2) is 17.3 Å². The molecule has 1 amide bonds. The van der Waals surface area contributed by atoms with Crippen LogP contribution in [0.5, 0.6) is 17.2 Å². The summed E-state index contributed by atoms with van der Waals surface area (Å²) in [6.45, 7) is 5.15. The average Bonchev–Trinajstić information content (AvgIpc) is 3.20. The molecule has 2 aliphatic heterocycles. The third kappa shape index (κ3) is 4.21. The fourth-order valence-electron chi connectivity index (χ4n) is 3.82. The van der Waals surface area contributed by atoms with Gasteiger partial charge in [0.2, 0.25) is 6.79 Å². The first-order chi connectivity index (χ1) is 14.0. The third-order valence-corrected chi connectivity index (χ3v) is 5.19. The number of amides is 1. The zero-order valence-corrected chi connectivity index (χ0v) is 16.7. The van der Waals surface area contributed by atoms with Gasteiger partial charge in [-0.2, -0.15) is 0 Å². The molecule has 152 valence electrons. The minimum absolute atomic E-state index is 0.0462. The first-order valence-electron chi connectivity index (χ1n) is 10.0. The van der Waals surface area contributed by atoms with Gasteiger partial charge in [0, 0.05) is 30.1 Å². The van der Waals surface area contributed by atoms with Gasteiger partial charge in [0.1, 0.15) is 5.75 Å². The number of carbonyl (C=O) groups is 2. The maximum atomic E-state index is 13.1. The first-order valence-corrected chi connectivity index (χ1v) is 10.0. The van der Waals surface area contributed by atoms with Gasteiger partial charge in [-0.25, -0.2) is 0 Å². The molecular weight excluding hydrogens is 370 g/mol. The third-order valence-electron chi connectivity index (χ3n) is 5.19. The number of benzene rings is 2. The van der Waals surface area contributed by atoms with E-state index in [0.29, 0.717) is 41.5 Å². The molecule has 2 aliphatic rings. The van der Waals surface area contributed by atoms with Crippen molar-refractivity contribution in [3.05, 3.63) is 53.6 Å². The Morgan fingerprint density at radius 3 is 2.72 bits per heavy atom. The van der Waals surface area contributed by atoms with Gasteiger partial charge in [0.25, 0.3) is 5.91 Å². The Morgan fingerprint density at radius 2 is 1.90 bits per heavy atom. The Bertz CT molecular complexity index is 923. The van der Waals surface area contributed by atoms with E-state index in [0.717, 1.165) is 12.8 Å². The van der Waals surface area contributed by atoms with E-state index in [1.165, 1.54) is 0 Å². The number of hydrogen-bond donors (Lipinski definition) is 0. The number of nitrogens with zero attached hydrogens (tertiary/aromatic N) is 1. The Hall–Kier alpha value is -3.02. The average molecular weight is 395 g/mol. The molecule has 0 aliphatic carbocycles. The Kier molecular flexibility index (Phi) is 5.43. The molecule has 1 fully saturated rings. The summed E-state index contributed by atoms with van der Waals surface area (Å²) in [6, 6.07) is 12.5. The van der Waals surface area contributed by atoms with Crippen LogP contribution in [0.15, 0.2) is 42.5 Å². The van der Waals surface area contributed by atoms with Gasteiger partial charge in [-0.05, 0) is 57.0 Å². The van der Waals surface area contributed by atoms with Crippen molar-refractivity contribution in [1.82, 2.24) is 4.90 Å². The summed E-state index contributed by atoms with van der Waals surface area (Å²) in [5, 5.41) is 0. The molecule has 1 saturated heterocycles. The van der Waals surface area contributed by atoms with Crippen molar-refractivity contribution in [1.29, 1.82) is 0 Å². The van der Waals surface area contributed by atoms with Gasteiger partial charge < -0.3 is 19.1 Å². The van der Waals surface area contributed by atoms with Crippen molar-refractivity contribution in [3.63, 3.8) is 0 Å². The van der Waals surface area contributed by atoms with Crippen LogP contribution in [-0.2, 0) is 0 Å². The number of hydrogen-bond acceptors (Lipinski definition) is 5. The lowest BCUT2D eigenvalue weighted by Crippen LogP contribution is -2.42. The van der Waals surface area contributed by atoms with Crippen molar-refractivity contribution in [2.75, 3.05) is 19.9 Å². The second kappa shape index (κ2) is 8.15. The van der Waals surface area contributed by atoms with E-state index in [4.69, 9.17) is 14.2 Å². The van der Waals surface area contributed by atoms with Crippen LogP contribution in [0.4, 0.5) is 0 Å². The molecule has 29 heavy (non-hydrogen) atoms. The molecule has 2 heterocycles. The highest BCUT2D eigenvalue weighted by Gasteiger charge is 2.30. The summed E-state index contributed by atoms with van der Waals surface area (Å²) >= 11 is 0. The van der Waals surface area contributed by atoms with Gasteiger partial charge in [-0.1, -0.05) is 12.1 Å². The van der Waals surface area contributed by atoms with Gasteiger partial charge in [0.05, 0.1) is 6.10 Å². The Labute approximate surface area is 170 Å². The Balaban J connectivity index is 1.46. The number of fused-ring (bicyclic) bond motifs is 1. The van der Waals surface area contributed by atoms with E-state index in [2.05, 4.69) is 0 Å². The summed E-state index contributed by atoms with van der Waals surface area (Å²) in [5.41, 5.74) is 1.18. The van der Waals surface area contributed by atoms with Crippen LogP contribution in [0.2, 0.25) is 0 Å². The van der Waals surface area contributed by atoms with Crippen LogP contribution in [0, 0.1) is 5.92 Å². The lowest BCUT2D eigenvalue weighted by molar-refractivity contribution is 0.0636. The standard InChI is InChI=1S/C23H25NO5/c1-15(2)29-19-7-3-5-16(11-19)22(25)18-6-4-10-24(13-18)23(26)17-8-9-20-21(12-17)28-14-27-20/h3,5,7-9,11-12,15,18H,4,6,10,13-14H2,1-2H3/t18-/m0/s1. The molecule has 0 aromatic heterocycles. The van der Waals surface area contributed by atoms with E-state index in [9.17, 15) is 9.59 Å². The molecule has 6 heteroatoms. The van der Waals surface area contributed by atoms with Crippen molar-refractivity contribution in [2.45, 2.75) is 32.8 Å². The highest BCUT2D eigenvalue weighted by atomic mass is 16.7. The fraction of sp³-hybridized carbons (Fsp3) is 0.391. The topological polar surface area (TPSA) is 65.1 Å². The fourth-order valence-corrected chi connectivity index (χ4v) is 3.82. The Morgan fingerprint density at radius 1 is 1.07 bits per heavy atom. The maximum absolute atomic E-state index is 13.1. The lowest BCUT2D eigenvalue weighted by atomic mass is 9.89. The molecule has 1 atom stereocenters. The monoisotopic (exact) mass is 395 g/mol. The van der Waals surface area contributed by atoms with Crippen molar-refractivity contribution >= 4 is 11.7 Å². The molecule has 2 aromatic rings. The van der Waals surface area contributed by atoms with E-state index in [1.807, 2.05) is 32.0 Å². The molecule has 4 rings (SSSR count). The molecule has 0 bridgehead atoms. The van der Waals surface area contributed by atoms with Gasteiger partial charge in [-0.15, -0.1) is 0 Å². The van der Waals surface area contributed by atoms with Gasteiger partial charge in [-0.3, -0.25) is 9.59 Å². The summed E-state index contributed by atoms with van der Waals surface area (Å²) in [7, 11) is 0.